The van der Waals surface area contributed by atoms with Crippen molar-refractivity contribution in [2.45, 2.75) is 141 Å². The lowest BCUT2D eigenvalue weighted by atomic mass is 10.0. The maximum Gasteiger partial charge on any atom is 0.329 e. The molecule has 0 aliphatic rings. The fourth-order valence-electron chi connectivity index (χ4n) is 5.26. The highest BCUT2D eigenvalue weighted by atomic mass is 16.5. The molecule has 0 saturated carbocycles. The largest absolute Gasteiger partial charge is 0.481 e. The Morgan fingerprint density at radius 3 is 1.44 bits per heavy atom. The Morgan fingerprint density at radius 1 is 0.442 bits per heavy atom. The van der Waals surface area contributed by atoms with Crippen LogP contribution in [0.15, 0.2) is 0 Å². The summed E-state index contributed by atoms with van der Waals surface area (Å²) in [7, 11) is 0. The van der Waals surface area contributed by atoms with Crippen LogP contribution in [-0.2, 0) is 47.7 Å². The summed E-state index contributed by atoms with van der Waals surface area (Å²) in [6, 6.07) is -1.09. The number of carboxylic acid groups (broad SMARTS) is 3. The van der Waals surface area contributed by atoms with Crippen molar-refractivity contribution in [3.63, 3.8) is 0 Å². The zero-order chi connectivity index (χ0) is 38.5. The van der Waals surface area contributed by atoms with Crippen LogP contribution in [0.3, 0.4) is 0 Å². The van der Waals surface area contributed by atoms with Crippen LogP contribution in [0.5, 0.6) is 0 Å². The number of carboxylic acids is 3. The van der Waals surface area contributed by atoms with Gasteiger partial charge in [0.25, 0.3) is 0 Å². The first-order chi connectivity index (χ1) is 25.1. The average Bonchev–Trinajstić information content (AvgIpc) is 3.09. The molecular weight excluding hydrogens is 680 g/mol. The van der Waals surface area contributed by atoms with Gasteiger partial charge in [-0.2, -0.15) is 0 Å². The van der Waals surface area contributed by atoms with Crippen LogP contribution in [0, 0.1) is 0 Å². The molecule has 15 nitrogen and oxygen atoms in total. The van der Waals surface area contributed by atoms with E-state index in [1.54, 1.807) is 0 Å². The van der Waals surface area contributed by atoms with Crippen molar-refractivity contribution in [3.8, 4) is 0 Å². The van der Waals surface area contributed by atoms with Crippen LogP contribution in [-0.4, -0.2) is 116 Å². The predicted molar refractivity (Wildman–Crippen MR) is 193 cm³/mol. The van der Waals surface area contributed by atoms with Crippen molar-refractivity contribution in [3.05, 3.63) is 0 Å². The Morgan fingerprint density at radius 2 is 0.923 bits per heavy atom. The topological polar surface area (TPSA) is 224 Å². The second-order valence-corrected chi connectivity index (χ2v) is 12.9. The van der Waals surface area contributed by atoms with Gasteiger partial charge >= 0.3 is 17.9 Å². The van der Waals surface area contributed by atoms with Gasteiger partial charge in [-0.15, -0.1) is 0 Å². The SMILES string of the molecule is O=C(O)CCCCCCCCCCCCCCCCCC(=O)N[C@@H](CCC(=O)CCCOCCOCC(=O)NCCOCCOCC(=O)O)C(=O)O. The van der Waals surface area contributed by atoms with E-state index in [2.05, 4.69) is 10.6 Å². The Kier molecular flexibility index (Phi) is 34.0. The van der Waals surface area contributed by atoms with Crippen LogP contribution in [0.2, 0.25) is 0 Å². The molecule has 0 spiro atoms. The van der Waals surface area contributed by atoms with Crippen molar-refractivity contribution in [1.29, 1.82) is 0 Å². The van der Waals surface area contributed by atoms with Gasteiger partial charge in [0.2, 0.25) is 11.8 Å². The molecule has 5 N–H and O–H groups in total. The maximum absolute atomic E-state index is 12.3. The molecule has 0 aromatic rings. The summed E-state index contributed by atoms with van der Waals surface area (Å²) in [5, 5.41) is 31.7. The van der Waals surface area contributed by atoms with Gasteiger partial charge in [0.05, 0.1) is 33.0 Å². The van der Waals surface area contributed by atoms with Crippen molar-refractivity contribution in [2.75, 3.05) is 59.4 Å². The molecule has 0 aromatic carbocycles. The quantitative estimate of drug-likeness (QED) is 0.0539. The number of nitrogens with one attached hydrogen (secondary N) is 2. The number of ketones is 1. The molecule has 0 aliphatic heterocycles. The highest BCUT2D eigenvalue weighted by Gasteiger charge is 2.20. The van der Waals surface area contributed by atoms with Crippen LogP contribution in [0.4, 0.5) is 0 Å². The van der Waals surface area contributed by atoms with Gasteiger partial charge in [-0.25, -0.2) is 9.59 Å². The number of Topliss-reactive ketones (excluding diaryl/α,β-unsaturated/α-hetero) is 1. The minimum absolute atomic E-state index is 0.0403. The third-order valence-corrected chi connectivity index (χ3v) is 8.16. The molecule has 0 aliphatic carbocycles. The minimum atomic E-state index is -1.15. The number of carbonyl (C=O) groups is 6. The van der Waals surface area contributed by atoms with Crippen LogP contribution in [0.1, 0.15) is 135 Å². The van der Waals surface area contributed by atoms with E-state index in [0.29, 0.717) is 19.4 Å². The molecule has 0 rings (SSSR count). The minimum Gasteiger partial charge on any atom is -0.481 e. The van der Waals surface area contributed by atoms with E-state index < -0.39 is 23.9 Å². The molecule has 0 fully saturated rings. The van der Waals surface area contributed by atoms with Crippen LogP contribution < -0.4 is 10.6 Å². The van der Waals surface area contributed by atoms with Crippen molar-refractivity contribution in [2.24, 2.45) is 0 Å². The highest BCUT2D eigenvalue weighted by Crippen LogP contribution is 2.14. The number of unbranched alkanes of at least 4 members (excludes halogenated alkanes) is 14. The maximum atomic E-state index is 12.3. The van der Waals surface area contributed by atoms with E-state index in [0.717, 1.165) is 38.5 Å². The lowest BCUT2D eigenvalue weighted by Gasteiger charge is -2.14. The van der Waals surface area contributed by atoms with E-state index >= 15 is 0 Å². The first-order valence-corrected chi connectivity index (χ1v) is 19.2. The molecular formula is C37H66N2O13. The van der Waals surface area contributed by atoms with Crippen molar-refractivity contribution in [1.82, 2.24) is 10.6 Å². The van der Waals surface area contributed by atoms with Crippen LogP contribution >= 0.6 is 0 Å². The molecule has 0 unspecified atom stereocenters. The number of aliphatic carboxylic acids is 3. The molecule has 302 valence electrons. The molecule has 15 heteroatoms. The first-order valence-electron chi connectivity index (χ1n) is 19.2. The Labute approximate surface area is 309 Å². The predicted octanol–water partition coefficient (Wildman–Crippen LogP) is 4.67. The second-order valence-electron chi connectivity index (χ2n) is 12.9. The van der Waals surface area contributed by atoms with Gasteiger partial charge in [0, 0.05) is 38.8 Å². The Balaban J connectivity index is 3.65. The molecule has 52 heavy (non-hydrogen) atoms. The van der Waals surface area contributed by atoms with Crippen molar-refractivity contribution < 1.29 is 63.0 Å². The molecule has 0 bridgehead atoms. The summed E-state index contributed by atoms with van der Waals surface area (Å²) in [5.41, 5.74) is 0. The third kappa shape index (κ3) is 36.6. The van der Waals surface area contributed by atoms with Gasteiger partial charge in [-0.05, 0) is 25.7 Å². The summed E-state index contributed by atoms with van der Waals surface area (Å²) in [4.78, 5) is 68.7. The Bertz CT molecular complexity index is 964. The number of ether oxygens (including phenoxy) is 4. The fourth-order valence-corrected chi connectivity index (χ4v) is 5.26. The normalized spacial score (nSPS) is 11.6. The summed E-state index contributed by atoms with van der Waals surface area (Å²) < 4.78 is 20.7. The van der Waals surface area contributed by atoms with E-state index in [1.807, 2.05) is 0 Å². The monoisotopic (exact) mass is 746 g/mol. The van der Waals surface area contributed by atoms with E-state index in [1.165, 1.54) is 51.4 Å². The zero-order valence-electron chi connectivity index (χ0n) is 31.2. The van der Waals surface area contributed by atoms with Gasteiger partial charge in [0.15, 0.2) is 0 Å². The van der Waals surface area contributed by atoms with E-state index in [4.69, 9.17) is 29.2 Å². The Hall–Kier alpha value is -3.14. The smallest absolute Gasteiger partial charge is 0.329 e. The van der Waals surface area contributed by atoms with Gasteiger partial charge in [-0.3, -0.25) is 19.2 Å². The van der Waals surface area contributed by atoms with E-state index in [9.17, 15) is 33.9 Å². The molecule has 0 radical (unpaired) electrons. The number of hydrogen-bond acceptors (Lipinski definition) is 10. The number of hydrogen-bond donors (Lipinski definition) is 5. The summed E-state index contributed by atoms with van der Waals surface area (Å²) in [5.74, 6) is -3.64. The van der Waals surface area contributed by atoms with E-state index in [-0.39, 0.29) is 102 Å². The average molecular weight is 747 g/mol. The fraction of sp³-hybridized carbons (Fsp3) is 0.838. The second kappa shape index (κ2) is 36.2. The molecule has 0 aromatic heterocycles. The van der Waals surface area contributed by atoms with Crippen LogP contribution in [0.25, 0.3) is 0 Å². The van der Waals surface area contributed by atoms with Gasteiger partial charge in [0.1, 0.15) is 25.0 Å². The zero-order valence-corrected chi connectivity index (χ0v) is 31.2. The molecule has 0 saturated heterocycles. The molecule has 2 amide bonds. The first kappa shape index (κ1) is 48.9. The standard InChI is InChI=1S/C37H66N2O13/c40-31(17-16-23-49-25-27-51-29-34(42)38-22-24-50-26-28-52-30-36(45)46)20-21-32(37(47)48)39-33(41)18-14-12-10-8-6-4-2-1-3-5-7-9-11-13-15-19-35(43)44/h32H,1-30H2,(H,38,42)(H,39,41)(H,43,44)(H,45,46)(H,47,48)/t32-/m0/s1. The lowest BCUT2D eigenvalue weighted by Crippen LogP contribution is -2.41. The third-order valence-electron chi connectivity index (χ3n) is 8.16. The number of amides is 2. The summed E-state index contributed by atoms with van der Waals surface area (Å²) in [6.07, 6.45) is 17.9. The molecule has 0 heterocycles. The highest BCUT2D eigenvalue weighted by molar-refractivity contribution is 5.84. The lowest BCUT2D eigenvalue weighted by molar-refractivity contribution is -0.143. The summed E-state index contributed by atoms with van der Waals surface area (Å²) >= 11 is 0. The number of carbonyl (C=O) groups excluding carboxylic acids is 3. The van der Waals surface area contributed by atoms with Gasteiger partial charge in [-0.1, -0.05) is 83.5 Å². The summed E-state index contributed by atoms with van der Waals surface area (Å²) in [6.45, 7) is 1.12. The van der Waals surface area contributed by atoms with Crippen molar-refractivity contribution >= 4 is 35.5 Å². The van der Waals surface area contributed by atoms with Gasteiger partial charge < -0.3 is 44.9 Å². The molecule has 1 atom stereocenters. The number of rotatable bonds is 40.